The molecule has 0 heterocycles. The fourth-order valence-electron chi connectivity index (χ4n) is 1.44. The molecule has 0 radical (unpaired) electrons. The monoisotopic (exact) mass is 209 g/mol. The van der Waals surface area contributed by atoms with Crippen molar-refractivity contribution in [3.8, 4) is 5.75 Å². The lowest BCUT2D eigenvalue weighted by molar-refractivity contribution is -0.137. The van der Waals surface area contributed by atoms with Gasteiger partial charge in [-0.1, -0.05) is 12.1 Å². The van der Waals surface area contributed by atoms with E-state index in [0.29, 0.717) is 6.54 Å². The molecule has 3 N–H and O–H groups in total. The van der Waals surface area contributed by atoms with Crippen molar-refractivity contribution < 1.29 is 14.6 Å². The Hall–Kier alpha value is -1.55. The van der Waals surface area contributed by atoms with Crippen molar-refractivity contribution in [3.05, 3.63) is 29.8 Å². The molecule has 0 aromatic heterocycles. The molecule has 0 aliphatic carbocycles. The molecule has 0 unspecified atom stereocenters. The summed E-state index contributed by atoms with van der Waals surface area (Å²) in [6.45, 7) is 0.319. The molecular weight excluding hydrogens is 194 g/mol. The summed E-state index contributed by atoms with van der Waals surface area (Å²) in [5, 5.41) is 8.72. The van der Waals surface area contributed by atoms with Gasteiger partial charge in [0.25, 0.3) is 0 Å². The number of rotatable bonds is 5. The largest absolute Gasteiger partial charge is 0.497 e. The number of hydrogen-bond acceptors (Lipinski definition) is 3. The van der Waals surface area contributed by atoms with E-state index in [2.05, 4.69) is 0 Å². The van der Waals surface area contributed by atoms with Crippen molar-refractivity contribution in [1.29, 1.82) is 0 Å². The molecule has 4 heteroatoms. The van der Waals surface area contributed by atoms with E-state index in [1.54, 1.807) is 7.11 Å². The van der Waals surface area contributed by atoms with Crippen LogP contribution < -0.4 is 10.5 Å². The molecule has 4 nitrogen and oxygen atoms in total. The number of ether oxygens (including phenoxy) is 1. The quantitative estimate of drug-likeness (QED) is 0.764. The molecule has 0 aliphatic heterocycles. The maximum atomic E-state index is 10.6. The molecule has 1 atom stereocenters. The van der Waals surface area contributed by atoms with Crippen LogP contribution in [0.5, 0.6) is 5.75 Å². The lowest BCUT2D eigenvalue weighted by Gasteiger charge is -2.13. The van der Waals surface area contributed by atoms with Crippen LogP contribution in [0.3, 0.4) is 0 Å². The molecule has 0 spiro atoms. The standard InChI is InChI=1S/C11H15NO3/c1-15-10-4-2-3-8(5-10)9(7-12)6-11(13)14/h2-5,9H,6-7,12H2,1H3,(H,13,14)/t9-/m1/s1. The molecule has 1 aromatic carbocycles. The third-order valence-corrected chi connectivity index (χ3v) is 2.27. The van der Waals surface area contributed by atoms with Gasteiger partial charge in [0.1, 0.15) is 5.75 Å². The minimum Gasteiger partial charge on any atom is -0.497 e. The highest BCUT2D eigenvalue weighted by Crippen LogP contribution is 2.22. The van der Waals surface area contributed by atoms with Gasteiger partial charge < -0.3 is 15.6 Å². The first-order valence-electron chi connectivity index (χ1n) is 4.73. The molecular formula is C11H15NO3. The molecule has 0 fully saturated rings. The summed E-state index contributed by atoms with van der Waals surface area (Å²) in [5.74, 6) is -0.276. The van der Waals surface area contributed by atoms with Gasteiger partial charge in [0.05, 0.1) is 13.5 Å². The number of carboxylic acids is 1. The maximum Gasteiger partial charge on any atom is 0.304 e. The van der Waals surface area contributed by atoms with Crippen LogP contribution in [0, 0.1) is 0 Å². The van der Waals surface area contributed by atoms with E-state index in [9.17, 15) is 4.79 Å². The summed E-state index contributed by atoms with van der Waals surface area (Å²) in [7, 11) is 1.58. The number of methoxy groups -OCH3 is 1. The maximum absolute atomic E-state index is 10.6. The minimum atomic E-state index is -0.840. The van der Waals surface area contributed by atoms with Crippen molar-refractivity contribution in [2.24, 2.45) is 5.73 Å². The molecule has 1 rings (SSSR count). The first-order valence-corrected chi connectivity index (χ1v) is 4.73. The number of carbonyl (C=O) groups is 1. The Morgan fingerprint density at radius 3 is 2.87 bits per heavy atom. The Kier molecular flexibility index (Phi) is 4.12. The van der Waals surface area contributed by atoms with Gasteiger partial charge in [0.15, 0.2) is 0 Å². The molecule has 0 aliphatic rings. The first kappa shape index (κ1) is 11.5. The first-order chi connectivity index (χ1) is 7.17. The predicted octanol–water partition coefficient (Wildman–Crippen LogP) is 1.21. The Balaban J connectivity index is 2.85. The van der Waals surface area contributed by atoms with Gasteiger partial charge in [-0.2, -0.15) is 0 Å². The molecule has 0 bridgehead atoms. The van der Waals surface area contributed by atoms with Crippen LogP contribution in [0.1, 0.15) is 17.9 Å². The molecule has 0 saturated carbocycles. The van der Waals surface area contributed by atoms with E-state index < -0.39 is 5.97 Å². The Morgan fingerprint density at radius 1 is 1.60 bits per heavy atom. The fraction of sp³-hybridized carbons (Fsp3) is 0.364. The smallest absolute Gasteiger partial charge is 0.304 e. The van der Waals surface area contributed by atoms with Gasteiger partial charge in [0, 0.05) is 5.92 Å². The summed E-state index contributed by atoms with van der Waals surface area (Å²) < 4.78 is 5.07. The fourth-order valence-corrected chi connectivity index (χ4v) is 1.44. The molecule has 82 valence electrons. The number of nitrogens with two attached hydrogens (primary N) is 1. The Labute approximate surface area is 88.7 Å². The van der Waals surface area contributed by atoms with Crippen molar-refractivity contribution in [1.82, 2.24) is 0 Å². The second kappa shape index (κ2) is 5.36. The Morgan fingerprint density at radius 2 is 2.33 bits per heavy atom. The van der Waals surface area contributed by atoms with Crippen LogP contribution in [0.2, 0.25) is 0 Å². The van der Waals surface area contributed by atoms with Crippen LogP contribution in [0.25, 0.3) is 0 Å². The lowest BCUT2D eigenvalue weighted by atomic mass is 9.96. The summed E-state index contributed by atoms with van der Waals surface area (Å²) in [6, 6.07) is 7.33. The highest BCUT2D eigenvalue weighted by Gasteiger charge is 2.14. The zero-order valence-corrected chi connectivity index (χ0v) is 8.64. The number of benzene rings is 1. The van der Waals surface area contributed by atoms with E-state index in [0.717, 1.165) is 11.3 Å². The van der Waals surface area contributed by atoms with Gasteiger partial charge in [0.2, 0.25) is 0 Å². The molecule has 0 saturated heterocycles. The predicted molar refractivity (Wildman–Crippen MR) is 57.0 cm³/mol. The van der Waals surface area contributed by atoms with E-state index in [4.69, 9.17) is 15.6 Å². The van der Waals surface area contributed by atoms with E-state index >= 15 is 0 Å². The highest BCUT2D eigenvalue weighted by molar-refractivity contribution is 5.68. The van der Waals surface area contributed by atoms with Crippen LogP contribution in [-0.4, -0.2) is 24.7 Å². The Bertz CT molecular complexity index is 338. The van der Waals surface area contributed by atoms with Gasteiger partial charge in [-0.15, -0.1) is 0 Å². The van der Waals surface area contributed by atoms with Gasteiger partial charge in [-0.3, -0.25) is 4.79 Å². The highest BCUT2D eigenvalue weighted by atomic mass is 16.5. The van der Waals surface area contributed by atoms with Gasteiger partial charge in [-0.05, 0) is 24.2 Å². The van der Waals surface area contributed by atoms with E-state index in [-0.39, 0.29) is 12.3 Å². The summed E-state index contributed by atoms with van der Waals surface area (Å²) >= 11 is 0. The second-order valence-electron chi connectivity index (χ2n) is 3.31. The van der Waals surface area contributed by atoms with Crippen LogP contribution in [-0.2, 0) is 4.79 Å². The average Bonchev–Trinajstić information content (AvgIpc) is 2.25. The van der Waals surface area contributed by atoms with Gasteiger partial charge >= 0.3 is 5.97 Å². The third kappa shape index (κ3) is 3.25. The van der Waals surface area contributed by atoms with Gasteiger partial charge in [-0.25, -0.2) is 0 Å². The number of aliphatic carboxylic acids is 1. The summed E-state index contributed by atoms with van der Waals surface area (Å²) in [6.07, 6.45) is 0.0453. The number of hydrogen-bond donors (Lipinski definition) is 2. The second-order valence-corrected chi connectivity index (χ2v) is 3.31. The van der Waals surface area contributed by atoms with Crippen LogP contribution in [0.4, 0.5) is 0 Å². The number of carboxylic acid groups (broad SMARTS) is 1. The van der Waals surface area contributed by atoms with E-state index in [1.807, 2.05) is 24.3 Å². The normalized spacial score (nSPS) is 12.1. The third-order valence-electron chi connectivity index (χ3n) is 2.27. The lowest BCUT2D eigenvalue weighted by Crippen LogP contribution is -2.16. The van der Waals surface area contributed by atoms with Crippen molar-refractivity contribution >= 4 is 5.97 Å². The van der Waals surface area contributed by atoms with Crippen LogP contribution in [0.15, 0.2) is 24.3 Å². The topological polar surface area (TPSA) is 72.5 Å². The van der Waals surface area contributed by atoms with E-state index in [1.165, 1.54) is 0 Å². The SMILES string of the molecule is COc1cccc([C@@H](CN)CC(=O)O)c1. The zero-order valence-electron chi connectivity index (χ0n) is 8.64. The summed E-state index contributed by atoms with van der Waals surface area (Å²) in [4.78, 5) is 10.6. The average molecular weight is 209 g/mol. The summed E-state index contributed by atoms with van der Waals surface area (Å²) in [5.41, 5.74) is 6.44. The van der Waals surface area contributed by atoms with Crippen molar-refractivity contribution in [3.63, 3.8) is 0 Å². The molecule has 1 aromatic rings. The van der Waals surface area contributed by atoms with Crippen molar-refractivity contribution in [2.75, 3.05) is 13.7 Å². The zero-order chi connectivity index (χ0) is 11.3. The minimum absolute atomic E-state index is 0.0453. The van der Waals surface area contributed by atoms with Crippen LogP contribution >= 0.6 is 0 Å². The molecule has 0 amide bonds. The molecule has 15 heavy (non-hydrogen) atoms. The van der Waals surface area contributed by atoms with Crippen molar-refractivity contribution in [2.45, 2.75) is 12.3 Å².